The number of benzene rings is 1. The average molecular weight is 433 g/mol. The summed E-state index contributed by atoms with van der Waals surface area (Å²) >= 11 is 0. The second kappa shape index (κ2) is 8.87. The standard InChI is InChI=1S/C20H23N3O6S/c1-3-28-20(24)17-13(2)29-19(22)15(12-21)18(17)14-6-4-5-7-16(14)30(25,26)23-8-10-27-11-9-23/h4-7,18H,3,8-11,22H2,1-2H3. The van der Waals surface area contributed by atoms with Crippen LogP contribution in [0.3, 0.4) is 0 Å². The van der Waals surface area contributed by atoms with Gasteiger partial charge < -0.3 is 19.9 Å². The maximum atomic E-state index is 13.4. The molecule has 0 amide bonds. The summed E-state index contributed by atoms with van der Waals surface area (Å²) in [6.07, 6.45) is 0. The number of sulfonamides is 1. The molecule has 10 heteroatoms. The fourth-order valence-corrected chi connectivity index (χ4v) is 5.19. The number of nitriles is 1. The lowest BCUT2D eigenvalue weighted by Gasteiger charge is -2.30. The van der Waals surface area contributed by atoms with Crippen LogP contribution in [0.1, 0.15) is 25.3 Å². The molecule has 0 spiro atoms. The normalized spacial score (nSPS) is 20.5. The lowest BCUT2D eigenvalue weighted by atomic mass is 9.83. The van der Waals surface area contributed by atoms with E-state index in [1.807, 2.05) is 6.07 Å². The van der Waals surface area contributed by atoms with E-state index in [2.05, 4.69) is 0 Å². The minimum atomic E-state index is -3.91. The van der Waals surface area contributed by atoms with Crippen LogP contribution < -0.4 is 5.73 Å². The second-order valence-electron chi connectivity index (χ2n) is 6.67. The Morgan fingerprint density at radius 1 is 1.33 bits per heavy atom. The maximum Gasteiger partial charge on any atom is 0.338 e. The van der Waals surface area contributed by atoms with Crippen molar-refractivity contribution < 1.29 is 27.4 Å². The van der Waals surface area contributed by atoms with Crippen LogP contribution in [0.15, 0.2) is 51.9 Å². The zero-order chi connectivity index (χ0) is 21.9. The lowest BCUT2D eigenvalue weighted by molar-refractivity contribution is -0.139. The van der Waals surface area contributed by atoms with Crippen molar-refractivity contribution in [3.63, 3.8) is 0 Å². The molecule has 1 aromatic rings. The van der Waals surface area contributed by atoms with Gasteiger partial charge in [0.1, 0.15) is 17.4 Å². The van der Waals surface area contributed by atoms with Gasteiger partial charge in [-0.3, -0.25) is 0 Å². The predicted molar refractivity (Wildman–Crippen MR) is 106 cm³/mol. The van der Waals surface area contributed by atoms with Crippen molar-refractivity contribution >= 4 is 16.0 Å². The molecule has 2 aliphatic heterocycles. The highest BCUT2D eigenvalue weighted by atomic mass is 32.2. The van der Waals surface area contributed by atoms with Gasteiger partial charge in [0, 0.05) is 13.1 Å². The number of carbonyl (C=O) groups excluding carboxylic acids is 1. The van der Waals surface area contributed by atoms with Gasteiger partial charge in [0.15, 0.2) is 0 Å². The highest BCUT2D eigenvalue weighted by Crippen LogP contribution is 2.42. The number of hydrogen-bond donors (Lipinski definition) is 1. The van der Waals surface area contributed by atoms with E-state index in [1.165, 1.54) is 17.3 Å². The van der Waals surface area contributed by atoms with Crippen molar-refractivity contribution in [3.05, 3.63) is 52.6 Å². The molecule has 1 aromatic carbocycles. The third kappa shape index (κ3) is 3.92. The molecule has 9 nitrogen and oxygen atoms in total. The number of allylic oxidation sites excluding steroid dienone is 2. The van der Waals surface area contributed by atoms with E-state index in [0.29, 0.717) is 13.2 Å². The van der Waals surface area contributed by atoms with Crippen LogP contribution in [0.25, 0.3) is 0 Å². The van der Waals surface area contributed by atoms with Crippen LogP contribution in [0, 0.1) is 11.3 Å². The Hall–Kier alpha value is -2.87. The average Bonchev–Trinajstić information content (AvgIpc) is 2.74. The number of nitrogens with zero attached hydrogens (tertiary/aromatic N) is 2. The summed E-state index contributed by atoms with van der Waals surface area (Å²) in [5.41, 5.74) is 6.18. The van der Waals surface area contributed by atoms with Gasteiger partial charge in [-0.2, -0.15) is 9.57 Å². The van der Waals surface area contributed by atoms with Crippen molar-refractivity contribution in [3.8, 4) is 6.07 Å². The van der Waals surface area contributed by atoms with Crippen molar-refractivity contribution in [1.82, 2.24) is 4.31 Å². The summed E-state index contributed by atoms with van der Waals surface area (Å²) in [4.78, 5) is 12.7. The second-order valence-corrected chi connectivity index (χ2v) is 8.58. The first-order valence-corrected chi connectivity index (χ1v) is 10.9. The molecule has 30 heavy (non-hydrogen) atoms. The number of morpholine rings is 1. The fraction of sp³-hybridized carbons (Fsp3) is 0.400. The summed E-state index contributed by atoms with van der Waals surface area (Å²) in [6, 6.07) is 8.23. The van der Waals surface area contributed by atoms with Gasteiger partial charge >= 0.3 is 5.97 Å². The monoisotopic (exact) mass is 433 g/mol. The third-order valence-electron chi connectivity index (χ3n) is 4.92. The van der Waals surface area contributed by atoms with Crippen LogP contribution in [-0.2, 0) is 29.0 Å². The van der Waals surface area contributed by atoms with E-state index in [9.17, 15) is 18.5 Å². The van der Waals surface area contributed by atoms with Gasteiger partial charge in [-0.1, -0.05) is 18.2 Å². The molecule has 1 atom stereocenters. The zero-order valence-corrected chi connectivity index (χ0v) is 17.6. The smallest absolute Gasteiger partial charge is 0.338 e. The first-order chi connectivity index (χ1) is 14.3. The molecule has 0 bridgehead atoms. The van der Waals surface area contributed by atoms with Crippen molar-refractivity contribution in [2.45, 2.75) is 24.7 Å². The molecule has 0 aliphatic carbocycles. The van der Waals surface area contributed by atoms with E-state index in [-0.39, 0.29) is 52.9 Å². The molecule has 160 valence electrons. The Labute approximate surface area is 175 Å². The quantitative estimate of drug-likeness (QED) is 0.688. The van der Waals surface area contributed by atoms with Gasteiger partial charge in [-0.05, 0) is 25.5 Å². The maximum absolute atomic E-state index is 13.4. The Morgan fingerprint density at radius 2 is 2.00 bits per heavy atom. The lowest BCUT2D eigenvalue weighted by Crippen LogP contribution is -2.41. The zero-order valence-electron chi connectivity index (χ0n) is 16.8. The van der Waals surface area contributed by atoms with E-state index in [1.54, 1.807) is 25.1 Å². The molecular formula is C20H23N3O6S. The van der Waals surface area contributed by atoms with Gasteiger partial charge in [-0.15, -0.1) is 0 Å². The van der Waals surface area contributed by atoms with Gasteiger partial charge in [0.05, 0.1) is 36.2 Å². The number of carbonyl (C=O) groups is 1. The van der Waals surface area contributed by atoms with Crippen LogP contribution in [0.5, 0.6) is 0 Å². The first kappa shape index (κ1) is 21.8. The number of nitrogens with two attached hydrogens (primary N) is 1. The van der Waals surface area contributed by atoms with Crippen LogP contribution in [-0.4, -0.2) is 51.6 Å². The molecule has 0 aromatic heterocycles. The molecule has 1 unspecified atom stereocenters. The molecule has 3 rings (SSSR count). The van der Waals surface area contributed by atoms with Crippen LogP contribution >= 0.6 is 0 Å². The number of hydrogen-bond acceptors (Lipinski definition) is 8. The number of rotatable bonds is 5. The van der Waals surface area contributed by atoms with Crippen molar-refractivity contribution in [2.24, 2.45) is 5.73 Å². The molecule has 2 heterocycles. The minimum absolute atomic E-state index is 0.00560. The van der Waals surface area contributed by atoms with Gasteiger partial charge in [-0.25, -0.2) is 13.2 Å². The largest absolute Gasteiger partial charge is 0.463 e. The van der Waals surface area contributed by atoms with E-state index >= 15 is 0 Å². The van der Waals surface area contributed by atoms with Gasteiger partial charge in [0.2, 0.25) is 15.9 Å². The minimum Gasteiger partial charge on any atom is -0.463 e. The Kier molecular flexibility index (Phi) is 6.45. The van der Waals surface area contributed by atoms with Crippen molar-refractivity contribution in [2.75, 3.05) is 32.9 Å². The number of esters is 1. The Balaban J connectivity index is 2.20. The SMILES string of the molecule is CCOC(=O)C1=C(C)OC(N)=C(C#N)C1c1ccccc1S(=O)(=O)N1CCOCC1. The predicted octanol–water partition coefficient (Wildman–Crippen LogP) is 1.35. The number of ether oxygens (including phenoxy) is 3. The molecule has 0 radical (unpaired) electrons. The van der Waals surface area contributed by atoms with Gasteiger partial charge in [0.25, 0.3) is 0 Å². The molecule has 2 N–H and O–H groups in total. The Bertz CT molecular complexity index is 1050. The van der Waals surface area contributed by atoms with Crippen LogP contribution in [0.4, 0.5) is 0 Å². The molecular weight excluding hydrogens is 410 g/mol. The Morgan fingerprint density at radius 3 is 2.63 bits per heavy atom. The summed E-state index contributed by atoms with van der Waals surface area (Å²) in [7, 11) is -3.91. The third-order valence-corrected chi connectivity index (χ3v) is 6.89. The molecule has 1 fully saturated rings. The highest BCUT2D eigenvalue weighted by molar-refractivity contribution is 7.89. The van der Waals surface area contributed by atoms with E-state index in [4.69, 9.17) is 19.9 Å². The summed E-state index contributed by atoms with van der Waals surface area (Å²) in [5.74, 6) is -1.74. The van der Waals surface area contributed by atoms with Crippen LogP contribution in [0.2, 0.25) is 0 Å². The van der Waals surface area contributed by atoms with E-state index in [0.717, 1.165) is 0 Å². The molecule has 0 saturated carbocycles. The fourth-order valence-electron chi connectivity index (χ4n) is 3.55. The summed E-state index contributed by atoms with van der Waals surface area (Å²) in [5, 5.41) is 9.73. The van der Waals surface area contributed by atoms with E-state index < -0.39 is 21.9 Å². The molecule has 1 saturated heterocycles. The summed E-state index contributed by atoms with van der Waals surface area (Å²) in [6.45, 7) is 4.31. The highest BCUT2D eigenvalue weighted by Gasteiger charge is 2.40. The molecule has 2 aliphatic rings. The summed E-state index contributed by atoms with van der Waals surface area (Å²) < 4.78 is 43.9. The van der Waals surface area contributed by atoms with Crippen molar-refractivity contribution in [1.29, 1.82) is 5.26 Å². The first-order valence-electron chi connectivity index (χ1n) is 9.45. The topological polar surface area (TPSA) is 132 Å².